The average Bonchev–Trinajstić information content (AvgIpc) is 3.50. The van der Waals surface area contributed by atoms with Crippen molar-refractivity contribution in [3.05, 3.63) is 103 Å². The van der Waals surface area contributed by atoms with E-state index < -0.39 is 12.1 Å². The van der Waals surface area contributed by atoms with Gasteiger partial charge in [0, 0.05) is 49.4 Å². The number of imidazole rings is 1. The topological polar surface area (TPSA) is 101 Å². The Bertz CT molecular complexity index is 1830. The van der Waals surface area contributed by atoms with Crippen LogP contribution in [0.4, 0.5) is 18.9 Å². The SMILES string of the molecule is CCOc1cccc(-n2cc(C(=O)N3CCN(c4cnc5ccccc5c4)CC3)nc2-c2ccc(C)cc2)c1.O=C(O)C(F)(F)F. The van der Waals surface area contributed by atoms with Crippen LogP contribution in [0, 0.1) is 6.92 Å². The maximum atomic E-state index is 13.7. The first kappa shape index (κ1) is 32.0. The van der Waals surface area contributed by atoms with Gasteiger partial charge in [-0.05, 0) is 38.1 Å². The molecule has 0 spiro atoms. The van der Waals surface area contributed by atoms with Gasteiger partial charge in [0.2, 0.25) is 0 Å². The fraction of sp³-hybridized carbons (Fsp3) is 0.235. The number of carbonyl (C=O) groups is 2. The summed E-state index contributed by atoms with van der Waals surface area (Å²) < 4.78 is 39.5. The number of carboxylic acids is 1. The number of para-hydroxylation sites is 1. The van der Waals surface area contributed by atoms with Crippen molar-refractivity contribution >= 4 is 28.5 Å². The second kappa shape index (κ2) is 13.7. The van der Waals surface area contributed by atoms with E-state index in [0.29, 0.717) is 25.4 Å². The van der Waals surface area contributed by atoms with Crippen LogP contribution in [0.2, 0.25) is 0 Å². The predicted octanol–water partition coefficient (Wildman–Crippen LogP) is 6.39. The highest BCUT2D eigenvalue weighted by Gasteiger charge is 2.38. The van der Waals surface area contributed by atoms with Crippen molar-refractivity contribution in [2.75, 3.05) is 37.7 Å². The number of fused-ring (bicyclic) bond motifs is 1. The first-order chi connectivity index (χ1) is 22.0. The highest BCUT2D eigenvalue weighted by atomic mass is 19.4. The van der Waals surface area contributed by atoms with Crippen LogP contribution in [0.5, 0.6) is 5.75 Å². The number of pyridine rings is 1. The van der Waals surface area contributed by atoms with Gasteiger partial charge in [0.15, 0.2) is 0 Å². The van der Waals surface area contributed by atoms with Crippen LogP contribution in [-0.2, 0) is 4.79 Å². The molecule has 1 aliphatic heterocycles. The number of rotatable bonds is 6. The molecule has 1 fully saturated rings. The number of aliphatic carboxylic acids is 1. The Morgan fingerprint density at radius 2 is 1.61 bits per heavy atom. The van der Waals surface area contributed by atoms with Gasteiger partial charge in [-0.3, -0.25) is 14.3 Å². The number of carbonyl (C=O) groups excluding carboxylic acids is 1. The van der Waals surface area contributed by atoms with Gasteiger partial charge in [0.25, 0.3) is 5.91 Å². The molecule has 0 saturated carbocycles. The summed E-state index contributed by atoms with van der Waals surface area (Å²) in [4.78, 5) is 36.2. The summed E-state index contributed by atoms with van der Waals surface area (Å²) in [5.74, 6) is -1.30. The number of hydrogen-bond acceptors (Lipinski definition) is 6. The number of piperazine rings is 1. The van der Waals surface area contributed by atoms with Crippen LogP contribution in [0.3, 0.4) is 0 Å². The van der Waals surface area contributed by atoms with Crippen LogP contribution >= 0.6 is 0 Å². The van der Waals surface area contributed by atoms with Crippen molar-refractivity contribution in [1.29, 1.82) is 0 Å². The highest BCUT2D eigenvalue weighted by molar-refractivity contribution is 5.93. The number of aryl methyl sites for hydroxylation is 1. The Morgan fingerprint density at radius 1 is 0.913 bits per heavy atom. The van der Waals surface area contributed by atoms with Gasteiger partial charge in [0.05, 0.1) is 29.7 Å². The quantitative estimate of drug-likeness (QED) is 0.232. The van der Waals surface area contributed by atoms with E-state index in [1.54, 1.807) is 0 Å². The molecule has 46 heavy (non-hydrogen) atoms. The number of anilines is 1. The van der Waals surface area contributed by atoms with Crippen LogP contribution in [0.15, 0.2) is 91.3 Å². The lowest BCUT2D eigenvalue weighted by atomic mass is 10.1. The molecule has 1 saturated heterocycles. The molecule has 3 heterocycles. The van der Waals surface area contributed by atoms with Gasteiger partial charge >= 0.3 is 12.1 Å². The minimum absolute atomic E-state index is 0.0561. The third-order valence-electron chi connectivity index (χ3n) is 7.39. The van der Waals surface area contributed by atoms with E-state index in [9.17, 15) is 18.0 Å². The van der Waals surface area contributed by atoms with E-state index in [1.165, 1.54) is 5.56 Å². The molecule has 1 aliphatic rings. The van der Waals surface area contributed by atoms with Crippen LogP contribution in [0.1, 0.15) is 23.0 Å². The molecule has 3 aromatic carbocycles. The van der Waals surface area contributed by atoms with E-state index in [1.807, 2.05) is 83.4 Å². The van der Waals surface area contributed by atoms with E-state index in [0.717, 1.165) is 52.5 Å². The largest absolute Gasteiger partial charge is 0.494 e. The zero-order chi connectivity index (χ0) is 32.8. The number of carboxylic acid groups (broad SMARTS) is 1. The maximum absolute atomic E-state index is 13.7. The summed E-state index contributed by atoms with van der Waals surface area (Å²) in [6.07, 6.45) is -1.31. The van der Waals surface area contributed by atoms with Gasteiger partial charge in [-0.2, -0.15) is 13.2 Å². The van der Waals surface area contributed by atoms with Crippen LogP contribution in [0.25, 0.3) is 28.0 Å². The Morgan fingerprint density at radius 3 is 2.28 bits per heavy atom. The number of halogens is 3. The van der Waals surface area contributed by atoms with Crippen molar-refractivity contribution < 1.29 is 32.6 Å². The summed E-state index contributed by atoms with van der Waals surface area (Å²) in [5, 5.41) is 8.25. The van der Waals surface area contributed by atoms with Crippen molar-refractivity contribution in [2.24, 2.45) is 0 Å². The lowest BCUT2D eigenvalue weighted by molar-refractivity contribution is -0.192. The van der Waals surface area contributed by atoms with Crippen molar-refractivity contribution in [1.82, 2.24) is 19.4 Å². The average molecular weight is 632 g/mol. The Hall–Kier alpha value is -5.39. The van der Waals surface area contributed by atoms with E-state index >= 15 is 0 Å². The fourth-order valence-corrected chi connectivity index (χ4v) is 5.04. The summed E-state index contributed by atoms with van der Waals surface area (Å²) >= 11 is 0. The number of benzene rings is 3. The predicted molar refractivity (Wildman–Crippen MR) is 168 cm³/mol. The van der Waals surface area contributed by atoms with E-state index in [2.05, 4.69) is 41.1 Å². The second-order valence-electron chi connectivity index (χ2n) is 10.6. The Balaban J connectivity index is 0.000000537. The number of aromatic nitrogens is 3. The van der Waals surface area contributed by atoms with Gasteiger partial charge in [-0.15, -0.1) is 0 Å². The molecule has 0 atom stereocenters. The molecule has 1 N–H and O–H groups in total. The molecule has 1 amide bonds. The molecule has 2 aromatic heterocycles. The zero-order valence-corrected chi connectivity index (χ0v) is 25.2. The third-order valence-corrected chi connectivity index (χ3v) is 7.39. The lowest BCUT2D eigenvalue weighted by Gasteiger charge is -2.35. The van der Waals surface area contributed by atoms with E-state index in [4.69, 9.17) is 19.6 Å². The Labute approximate surface area is 263 Å². The van der Waals surface area contributed by atoms with Gasteiger partial charge in [0.1, 0.15) is 17.3 Å². The number of nitrogens with zero attached hydrogens (tertiary/aromatic N) is 5. The normalized spacial score (nSPS) is 13.2. The number of amides is 1. The number of alkyl halides is 3. The molecule has 12 heteroatoms. The third kappa shape index (κ3) is 7.45. The molecule has 0 radical (unpaired) electrons. The van der Waals surface area contributed by atoms with Gasteiger partial charge in [-0.1, -0.05) is 54.1 Å². The summed E-state index contributed by atoms with van der Waals surface area (Å²) in [7, 11) is 0. The molecule has 5 aromatic rings. The lowest BCUT2D eigenvalue weighted by Crippen LogP contribution is -2.48. The van der Waals surface area contributed by atoms with Crippen molar-refractivity contribution in [3.63, 3.8) is 0 Å². The first-order valence-corrected chi connectivity index (χ1v) is 14.6. The van der Waals surface area contributed by atoms with Crippen molar-refractivity contribution in [3.8, 4) is 22.8 Å². The first-order valence-electron chi connectivity index (χ1n) is 14.6. The van der Waals surface area contributed by atoms with Crippen molar-refractivity contribution in [2.45, 2.75) is 20.0 Å². The molecular formula is C34H32F3N5O4. The highest BCUT2D eigenvalue weighted by Crippen LogP contribution is 2.27. The molecule has 0 unspecified atom stereocenters. The minimum atomic E-state index is -5.08. The molecule has 6 rings (SSSR count). The second-order valence-corrected chi connectivity index (χ2v) is 10.6. The van der Waals surface area contributed by atoms with Gasteiger partial charge in [-0.25, -0.2) is 9.78 Å². The van der Waals surface area contributed by atoms with E-state index in [-0.39, 0.29) is 5.91 Å². The number of ether oxygens (including phenoxy) is 1. The maximum Gasteiger partial charge on any atom is 0.490 e. The molecule has 0 aliphatic carbocycles. The molecular weight excluding hydrogens is 599 g/mol. The van der Waals surface area contributed by atoms with Crippen LogP contribution < -0.4 is 9.64 Å². The standard InChI is InChI=1S/C32H31N5O2.C2HF3O2/c1-3-39-28-9-6-8-26(20-28)37-22-30(34-31(37)24-13-11-23(2)12-14-24)32(38)36-17-15-35(16-18-36)27-19-25-7-4-5-10-29(25)33-21-27;3-2(4,5)1(6)7/h4-14,19-22H,3,15-18H2,1-2H3;(H,6,7). The zero-order valence-electron chi connectivity index (χ0n) is 25.2. The molecule has 0 bridgehead atoms. The minimum Gasteiger partial charge on any atom is -0.494 e. The van der Waals surface area contributed by atoms with Gasteiger partial charge < -0.3 is 19.6 Å². The number of hydrogen-bond donors (Lipinski definition) is 1. The summed E-state index contributed by atoms with van der Waals surface area (Å²) in [5.41, 5.74) is 5.54. The Kier molecular flexibility index (Phi) is 9.55. The molecule has 9 nitrogen and oxygen atoms in total. The molecule has 238 valence electrons. The summed E-state index contributed by atoms with van der Waals surface area (Å²) in [6.45, 7) is 7.35. The fourth-order valence-electron chi connectivity index (χ4n) is 5.04. The van der Waals surface area contributed by atoms with Crippen LogP contribution in [-0.4, -0.2) is 75.4 Å². The smallest absolute Gasteiger partial charge is 0.490 e. The summed E-state index contributed by atoms with van der Waals surface area (Å²) in [6, 6.07) is 26.4. The monoisotopic (exact) mass is 631 g/mol.